The Hall–Kier alpha value is -3.08. The van der Waals surface area contributed by atoms with Crippen molar-refractivity contribution in [2.24, 2.45) is 12.1 Å². The van der Waals surface area contributed by atoms with E-state index in [-0.39, 0.29) is 36.0 Å². The van der Waals surface area contributed by atoms with Gasteiger partial charge in [0, 0.05) is 32.3 Å². The molecule has 9 nitrogen and oxygen atoms in total. The number of halogens is 1. The Kier molecular flexibility index (Phi) is 5.61. The zero-order valence-corrected chi connectivity index (χ0v) is 17.7. The molecule has 0 unspecified atom stereocenters. The van der Waals surface area contributed by atoms with Gasteiger partial charge >= 0.3 is 0 Å². The van der Waals surface area contributed by atoms with Crippen molar-refractivity contribution < 1.29 is 22.4 Å². The molecule has 3 heterocycles. The second kappa shape index (κ2) is 8.22. The molecule has 1 fully saturated rings. The van der Waals surface area contributed by atoms with E-state index in [0.29, 0.717) is 17.8 Å². The van der Waals surface area contributed by atoms with Crippen molar-refractivity contribution in [1.82, 2.24) is 19.9 Å². The van der Waals surface area contributed by atoms with Crippen molar-refractivity contribution in [2.45, 2.75) is 31.3 Å². The van der Waals surface area contributed by atoms with Gasteiger partial charge in [0.25, 0.3) is 5.91 Å². The van der Waals surface area contributed by atoms with E-state index in [1.165, 1.54) is 12.1 Å². The van der Waals surface area contributed by atoms with Crippen LogP contribution in [-0.4, -0.2) is 58.1 Å². The van der Waals surface area contributed by atoms with Gasteiger partial charge < -0.3 is 9.88 Å². The number of hydrazone groups is 1. The van der Waals surface area contributed by atoms with E-state index in [0.717, 1.165) is 5.01 Å². The SMILES string of the molecule is Cn1ccnc1[C@@H](NC(=O)C1=NN([C@@H]2CCS(=O)(=O)C2)C(=O)CC1)c1cccc(F)c1. The molecule has 0 spiro atoms. The van der Waals surface area contributed by atoms with Crippen LogP contribution in [0.5, 0.6) is 0 Å². The summed E-state index contributed by atoms with van der Waals surface area (Å²) in [5.74, 6) is -0.916. The van der Waals surface area contributed by atoms with E-state index < -0.39 is 33.6 Å². The molecule has 1 N–H and O–H groups in total. The Morgan fingerprint density at radius 3 is 2.77 bits per heavy atom. The lowest BCUT2D eigenvalue weighted by Crippen LogP contribution is -2.44. The molecule has 0 radical (unpaired) electrons. The van der Waals surface area contributed by atoms with E-state index in [1.54, 1.807) is 36.1 Å². The maximum Gasteiger partial charge on any atom is 0.268 e. The monoisotopic (exact) mass is 447 g/mol. The summed E-state index contributed by atoms with van der Waals surface area (Å²) >= 11 is 0. The summed E-state index contributed by atoms with van der Waals surface area (Å²) in [5, 5.41) is 8.18. The smallest absolute Gasteiger partial charge is 0.268 e. The molecular formula is C20H22FN5O4S. The molecule has 2 aliphatic heterocycles. The number of imidazole rings is 1. The van der Waals surface area contributed by atoms with Crippen LogP contribution in [-0.2, 0) is 26.5 Å². The molecule has 0 aliphatic carbocycles. The number of nitrogens with zero attached hydrogens (tertiary/aromatic N) is 4. The average molecular weight is 447 g/mol. The van der Waals surface area contributed by atoms with Crippen LogP contribution in [0, 0.1) is 5.82 Å². The van der Waals surface area contributed by atoms with E-state index in [9.17, 15) is 22.4 Å². The van der Waals surface area contributed by atoms with Crippen molar-refractivity contribution >= 4 is 27.4 Å². The predicted molar refractivity (Wildman–Crippen MR) is 110 cm³/mol. The van der Waals surface area contributed by atoms with Crippen LogP contribution in [0.3, 0.4) is 0 Å². The molecule has 2 aliphatic rings. The van der Waals surface area contributed by atoms with Gasteiger partial charge in [0.1, 0.15) is 23.4 Å². The minimum atomic E-state index is -3.21. The quantitative estimate of drug-likeness (QED) is 0.733. The minimum absolute atomic E-state index is 0.000694. The number of nitrogens with one attached hydrogen (secondary N) is 1. The third-order valence-electron chi connectivity index (χ3n) is 5.45. The number of amides is 2. The second-order valence-corrected chi connectivity index (χ2v) is 9.93. The molecule has 2 atom stereocenters. The van der Waals surface area contributed by atoms with Gasteiger partial charge in [-0.3, -0.25) is 9.59 Å². The van der Waals surface area contributed by atoms with Gasteiger partial charge in [-0.25, -0.2) is 22.8 Å². The first-order valence-corrected chi connectivity index (χ1v) is 11.7. The van der Waals surface area contributed by atoms with Crippen molar-refractivity contribution in [3.05, 3.63) is 53.9 Å². The van der Waals surface area contributed by atoms with Gasteiger partial charge in [0.2, 0.25) is 5.91 Å². The molecular weight excluding hydrogens is 425 g/mol. The average Bonchev–Trinajstić information content (AvgIpc) is 3.31. The fraction of sp³-hybridized carbons (Fsp3) is 0.400. The topological polar surface area (TPSA) is 114 Å². The first-order chi connectivity index (χ1) is 14.7. The Morgan fingerprint density at radius 2 is 2.13 bits per heavy atom. The summed E-state index contributed by atoms with van der Waals surface area (Å²) in [5.41, 5.74) is 0.633. The highest BCUT2D eigenvalue weighted by Crippen LogP contribution is 2.24. The van der Waals surface area contributed by atoms with Crippen LogP contribution in [0.2, 0.25) is 0 Å². The first kappa shape index (κ1) is 21.2. The predicted octanol–water partition coefficient (Wildman–Crippen LogP) is 0.930. The molecule has 4 rings (SSSR count). The third kappa shape index (κ3) is 4.50. The first-order valence-electron chi connectivity index (χ1n) is 9.87. The normalized spacial score (nSPS) is 21.6. The highest BCUT2D eigenvalue weighted by Gasteiger charge is 2.37. The number of aromatic nitrogens is 2. The summed E-state index contributed by atoms with van der Waals surface area (Å²) in [7, 11) is -1.45. The summed E-state index contributed by atoms with van der Waals surface area (Å²) in [6, 6.07) is 4.57. The lowest BCUT2D eigenvalue weighted by atomic mass is 10.0. The van der Waals surface area contributed by atoms with Crippen LogP contribution < -0.4 is 5.32 Å². The second-order valence-electron chi connectivity index (χ2n) is 7.70. The Morgan fingerprint density at radius 1 is 1.32 bits per heavy atom. The van der Waals surface area contributed by atoms with Gasteiger partial charge in [-0.1, -0.05) is 12.1 Å². The molecule has 164 valence electrons. The number of carbonyl (C=O) groups excluding carboxylic acids is 2. The summed E-state index contributed by atoms with van der Waals surface area (Å²) in [6.07, 6.45) is 3.79. The van der Waals surface area contributed by atoms with Crippen molar-refractivity contribution in [3.63, 3.8) is 0 Å². The van der Waals surface area contributed by atoms with Gasteiger partial charge in [-0.05, 0) is 24.1 Å². The van der Waals surface area contributed by atoms with Crippen molar-refractivity contribution in [1.29, 1.82) is 0 Å². The van der Waals surface area contributed by atoms with E-state index in [2.05, 4.69) is 15.4 Å². The molecule has 1 aromatic heterocycles. The fourth-order valence-corrected chi connectivity index (χ4v) is 5.53. The van der Waals surface area contributed by atoms with Gasteiger partial charge in [-0.15, -0.1) is 0 Å². The molecule has 1 saturated heterocycles. The van der Waals surface area contributed by atoms with Crippen LogP contribution >= 0.6 is 0 Å². The number of benzene rings is 1. The molecule has 0 bridgehead atoms. The molecule has 2 amide bonds. The van der Waals surface area contributed by atoms with Crippen LogP contribution in [0.4, 0.5) is 4.39 Å². The van der Waals surface area contributed by atoms with E-state index in [1.807, 2.05) is 0 Å². The van der Waals surface area contributed by atoms with Gasteiger partial charge in [-0.2, -0.15) is 5.10 Å². The van der Waals surface area contributed by atoms with E-state index in [4.69, 9.17) is 0 Å². The van der Waals surface area contributed by atoms with E-state index >= 15 is 0 Å². The highest BCUT2D eigenvalue weighted by atomic mass is 32.2. The lowest BCUT2D eigenvalue weighted by molar-refractivity contribution is -0.133. The van der Waals surface area contributed by atoms with Crippen molar-refractivity contribution in [2.75, 3.05) is 11.5 Å². The number of hydrogen-bond acceptors (Lipinski definition) is 6. The molecule has 11 heteroatoms. The maximum atomic E-state index is 13.8. The Labute approximate surface area is 178 Å². The highest BCUT2D eigenvalue weighted by molar-refractivity contribution is 7.91. The lowest BCUT2D eigenvalue weighted by Gasteiger charge is -2.28. The molecule has 0 saturated carbocycles. The summed E-state index contributed by atoms with van der Waals surface area (Å²) < 4.78 is 39.1. The minimum Gasteiger partial charge on any atom is -0.337 e. The van der Waals surface area contributed by atoms with Gasteiger partial charge in [0.15, 0.2) is 9.84 Å². The summed E-state index contributed by atoms with van der Waals surface area (Å²) in [6.45, 7) is 0. The Bertz CT molecular complexity index is 1160. The van der Waals surface area contributed by atoms with Crippen LogP contribution in [0.25, 0.3) is 0 Å². The number of carbonyl (C=O) groups is 2. The number of aryl methyl sites for hydroxylation is 1. The standard InChI is InChI=1S/C20H22FN5O4S/c1-25-9-8-22-19(25)18(13-3-2-4-14(21)11-13)23-20(28)16-5-6-17(27)26(24-16)15-7-10-31(29,30)12-15/h2-4,8-9,11,15,18H,5-7,10,12H2,1H3,(H,23,28)/t15-,18+/m1/s1. The molecule has 2 aromatic rings. The molecule has 31 heavy (non-hydrogen) atoms. The van der Waals surface area contributed by atoms with Gasteiger partial charge in [0.05, 0.1) is 17.5 Å². The number of sulfone groups is 1. The van der Waals surface area contributed by atoms with Crippen LogP contribution in [0.1, 0.15) is 36.7 Å². The zero-order valence-electron chi connectivity index (χ0n) is 16.9. The fourth-order valence-electron chi connectivity index (χ4n) is 3.84. The largest absolute Gasteiger partial charge is 0.337 e. The number of rotatable bonds is 5. The van der Waals surface area contributed by atoms with Crippen LogP contribution in [0.15, 0.2) is 41.8 Å². The summed E-state index contributed by atoms with van der Waals surface area (Å²) in [4.78, 5) is 29.6. The van der Waals surface area contributed by atoms with Crippen molar-refractivity contribution in [3.8, 4) is 0 Å². The maximum absolute atomic E-state index is 13.8. The Balaban J connectivity index is 1.60. The zero-order chi connectivity index (χ0) is 22.2. The number of hydrogen-bond donors (Lipinski definition) is 1. The molecule has 1 aromatic carbocycles. The third-order valence-corrected chi connectivity index (χ3v) is 7.20.